The van der Waals surface area contributed by atoms with E-state index in [4.69, 9.17) is 5.73 Å². The van der Waals surface area contributed by atoms with Crippen molar-refractivity contribution in [1.29, 1.82) is 0 Å². The molecule has 1 heterocycles. The molecule has 1 atom stereocenters. The van der Waals surface area contributed by atoms with Crippen LogP contribution in [0.5, 0.6) is 0 Å². The number of piperazine rings is 1. The quantitative estimate of drug-likeness (QED) is 0.860. The summed E-state index contributed by atoms with van der Waals surface area (Å²) in [6.45, 7) is 5.95. The lowest BCUT2D eigenvalue weighted by molar-refractivity contribution is 0.132. The van der Waals surface area contributed by atoms with Crippen LogP contribution in [-0.2, 0) is 0 Å². The second kappa shape index (κ2) is 11.4. The molecule has 0 aromatic carbocycles. The van der Waals surface area contributed by atoms with E-state index in [2.05, 4.69) is 16.8 Å². The molecule has 0 radical (unpaired) electrons. The minimum Gasteiger partial charge on any atom is -0.326 e. The number of halogens is 3. The summed E-state index contributed by atoms with van der Waals surface area (Å²) in [6, 6.07) is 0.420. The van der Waals surface area contributed by atoms with E-state index in [1.54, 1.807) is 0 Å². The van der Waals surface area contributed by atoms with Crippen LogP contribution in [0.25, 0.3) is 0 Å². The number of hydrogen-bond donors (Lipinski definition) is 1. The van der Waals surface area contributed by atoms with Gasteiger partial charge in [0.15, 0.2) is 0 Å². The van der Waals surface area contributed by atoms with E-state index in [0.717, 1.165) is 12.5 Å². The number of hydrogen-bond acceptors (Lipinski definition) is 3. The van der Waals surface area contributed by atoms with Gasteiger partial charge in [-0.3, -0.25) is 4.90 Å². The lowest BCUT2D eigenvalue weighted by Crippen LogP contribution is -2.50. The zero-order valence-corrected chi connectivity index (χ0v) is 14.4. The topological polar surface area (TPSA) is 32.5 Å². The Labute approximate surface area is 136 Å². The first-order valence-corrected chi connectivity index (χ1v) is 6.92. The monoisotopic (exact) mass is 333 g/mol. The SMILES string of the molecule is CN1CCN(C[C@@H](N)C2CCCCC2)CC1.Cl.Cl.Cl. The van der Waals surface area contributed by atoms with Gasteiger partial charge in [-0.1, -0.05) is 19.3 Å². The van der Waals surface area contributed by atoms with Gasteiger partial charge in [-0.2, -0.15) is 0 Å². The van der Waals surface area contributed by atoms with Gasteiger partial charge < -0.3 is 10.6 Å². The van der Waals surface area contributed by atoms with Crippen LogP contribution in [0.4, 0.5) is 0 Å². The molecule has 2 N–H and O–H groups in total. The van der Waals surface area contributed by atoms with E-state index < -0.39 is 0 Å². The van der Waals surface area contributed by atoms with Gasteiger partial charge in [-0.25, -0.2) is 0 Å². The highest BCUT2D eigenvalue weighted by Crippen LogP contribution is 2.26. The number of rotatable bonds is 3. The fourth-order valence-electron chi connectivity index (χ4n) is 3.04. The van der Waals surface area contributed by atoms with Gasteiger partial charge in [0.2, 0.25) is 0 Å². The molecule has 6 heteroatoms. The molecular weight excluding hydrogens is 305 g/mol. The zero-order valence-electron chi connectivity index (χ0n) is 11.9. The minimum atomic E-state index is 0. The van der Waals surface area contributed by atoms with Gasteiger partial charge in [0.1, 0.15) is 0 Å². The Bertz CT molecular complexity index is 205. The molecule has 1 saturated carbocycles. The lowest BCUT2D eigenvalue weighted by Gasteiger charge is -2.36. The third-order valence-electron chi connectivity index (χ3n) is 4.32. The van der Waals surface area contributed by atoms with E-state index in [1.807, 2.05) is 0 Å². The van der Waals surface area contributed by atoms with E-state index in [9.17, 15) is 0 Å². The highest BCUT2D eigenvalue weighted by atomic mass is 35.5. The standard InChI is InChI=1S/C13H27N3.3ClH/c1-15-7-9-16(10-8-15)11-13(14)12-5-3-2-4-6-12;;;/h12-13H,2-11,14H2,1H3;3*1H/t13-;;;/m1.../s1. The molecule has 2 aliphatic rings. The molecule has 2 fully saturated rings. The molecule has 2 rings (SSSR count). The Morgan fingerprint density at radius 1 is 0.947 bits per heavy atom. The molecule has 0 amide bonds. The summed E-state index contributed by atoms with van der Waals surface area (Å²) in [5, 5.41) is 0. The van der Waals surface area contributed by atoms with Crippen LogP contribution in [-0.4, -0.2) is 55.6 Å². The summed E-state index contributed by atoms with van der Waals surface area (Å²) >= 11 is 0. The van der Waals surface area contributed by atoms with E-state index in [1.165, 1.54) is 58.3 Å². The molecule has 118 valence electrons. The molecule has 1 saturated heterocycles. The summed E-state index contributed by atoms with van der Waals surface area (Å²) in [4.78, 5) is 4.96. The van der Waals surface area contributed by atoms with Gasteiger partial charge in [0, 0.05) is 38.8 Å². The molecule has 1 aliphatic carbocycles. The summed E-state index contributed by atoms with van der Waals surface area (Å²) in [5.74, 6) is 0.799. The molecule has 0 bridgehead atoms. The summed E-state index contributed by atoms with van der Waals surface area (Å²) in [5.41, 5.74) is 6.36. The Hall–Kier alpha value is 0.750. The number of nitrogens with zero attached hydrogens (tertiary/aromatic N) is 2. The van der Waals surface area contributed by atoms with Crippen molar-refractivity contribution >= 4 is 37.2 Å². The Morgan fingerprint density at radius 2 is 1.47 bits per heavy atom. The Kier molecular flexibility index (Phi) is 13.2. The minimum absolute atomic E-state index is 0. The van der Waals surface area contributed by atoms with Crippen molar-refractivity contribution in [1.82, 2.24) is 9.80 Å². The average molecular weight is 335 g/mol. The molecule has 0 aromatic heterocycles. The largest absolute Gasteiger partial charge is 0.326 e. The van der Waals surface area contributed by atoms with Gasteiger partial charge in [-0.15, -0.1) is 37.2 Å². The van der Waals surface area contributed by atoms with Gasteiger partial charge >= 0.3 is 0 Å². The van der Waals surface area contributed by atoms with Crippen LogP contribution in [0.15, 0.2) is 0 Å². The molecule has 3 nitrogen and oxygen atoms in total. The second-order valence-electron chi connectivity index (χ2n) is 5.67. The van der Waals surface area contributed by atoms with Crippen molar-refractivity contribution in [3.63, 3.8) is 0 Å². The maximum atomic E-state index is 6.36. The predicted octanol–water partition coefficient (Wildman–Crippen LogP) is 2.41. The van der Waals surface area contributed by atoms with Crippen molar-refractivity contribution in [2.75, 3.05) is 39.8 Å². The molecule has 1 aliphatic heterocycles. The molecule has 0 spiro atoms. The fourth-order valence-corrected chi connectivity index (χ4v) is 3.04. The maximum absolute atomic E-state index is 6.36. The van der Waals surface area contributed by atoms with Crippen LogP contribution in [0.1, 0.15) is 32.1 Å². The first-order chi connectivity index (χ1) is 7.75. The van der Waals surface area contributed by atoms with Crippen molar-refractivity contribution < 1.29 is 0 Å². The molecule has 0 unspecified atom stereocenters. The Morgan fingerprint density at radius 3 is 2.00 bits per heavy atom. The second-order valence-corrected chi connectivity index (χ2v) is 5.67. The van der Waals surface area contributed by atoms with E-state index >= 15 is 0 Å². The van der Waals surface area contributed by atoms with Crippen LogP contribution in [0.2, 0.25) is 0 Å². The first kappa shape index (κ1) is 22.0. The number of nitrogens with two attached hydrogens (primary N) is 1. The summed E-state index contributed by atoms with van der Waals surface area (Å²) < 4.78 is 0. The van der Waals surface area contributed by atoms with Crippen LogP contribution >= 0.6 is 37.2 Å². The lowest BCUT2D eigenvalue weighted by atomic mass is 9.84. The van der Waals surface area contributed by atoms with Crippen molar-refractivity contribution in [2.24, 2.45) is 11.7 Å². The van der Waals surface area contributed by atoms with Gasteiger partial charge in [0.05, 0.1) is 0 Å². The van der Waals surface area contributed by atoms with Gasteiger partial charge in [-0.05, 0) is 25.8 Å². The van der Waals surface area contributed by atoms with Crippen LogP contribution in [0.3, 0.4) is 0 Å². The third kappa shape index (κ3) is 7.35. The smallest absolute Gasteiger partial charge is 0.0196 e. The van der Waals surface area contributed by atoms with Crippen LogP contribution < -0.4 is 5.73 Å². The van der Waals surface area contributed by atoms with E-state index in [0.29, 0.717) is 6.04 Å². The van der Waals surface area contributed by atoms with Gasteiger partial charge in [0.25, 0.3) is 0 Å². The van der Waals surface area contributed by atoms with E-state index in [-0.39, 0.29) is 37.2 Å². The maximum Gasteiger partial charge on any atom is 0.0196 e. The first-order valence-electron chi connectivity index (χ1n) is 6.92. The Balaban J connectivity index is 0. The normalized spacial score (nSPS) is 23.7. The molecule has 0 aromatic rings. The third-order valence-corrected chi connectivity index (χ3v) is 4.32. The van der Waals surface area contributed by atoms with Crippen molar-refractivity contribution in [3.05, 3.63) is 0 Å². The average Bonchev–Trinajstić information content (AvgIpc) is 2.33. The van der Waals surface area contributed by atoms with Crippen molar-refractivity contribution in [3.8, 4) is 0 Å². The number of likely N-dealkylation sites (N-methyl/N-ethyl adjacent to an activating group) is 1. The summed E-state index contributed by atoms with van der Waals surface area (Å²) in [7, 11) is 2.21. The predicted molar refractivity (Wildman–Crippen MR) is 90.2 cm³/mol. The molecule has 19 heavy (non-hydrogen) atoms. The van der Waals surface area contributed by atoms with Crippen molar-refractivity contribution in [2.45, 2.75) is 38.1 Å². The molecular formula is C13H30Cl3N3. The fraction of sp³-hybridized carbons (Fsp3) is 1.00. The highest BCUT2D eigenvalue weighted by molar-refractivity contribution is 5.86. The zero-order chi connectivity index (χ0) is 11.4. The highest BCUT2D eigenvalue weighted by Gasteiger charge is 2.23. The van der Waals surface area contributed by atoms with Crippen LogP contribution in [0, 0.1) is 5.92 Å². The summed E-state index contributed by atoms with van der Waals surface area (Å²) in [6.07, 6.45) is 6.98.